The van der Waals surface area contributed by atoms with Gasteiger partial charge >= 0.3 is 0 Å². The first-order valence-electron chi connectivity index (χ1n) is 6.51. The van der Waals surface area contributed by atoms with E-state index in [1.165, 1.54) is 12.5 Å². The Morgan fingerprint density at radius 2 is 2.10 bits per heavy atom. The fourth-order valence-corrected chi connectivity index (χ4v) is 2.39. The van der Waals surface area contributed by atoms with Crippen LogP contribution in [0.4, 0.5) is 10.3 Å². The summed E-state index contributed by atoms with van der Waals surface area (Å²) in [6, 6.07) is 5.03. The molecule has 0 aliphatic heterocycles. The summed E-state index contributed by atoms with van der Waals surface area (Å²) >= 11 is 5.70. The maximum Gasteiger partial charge on any atom is 0.197 e. The van der Waals surface area contributed by atoms with Gasteiger partial charge in [0.1, 0.15) is 5.82 Å². The fraction of sp³-hybridized carbons (Fsp3) is 0.400. The molecular weight excluding hydrogens is 277 g/mol. The maximum atomic E-state index is 12.8. The van der Waals surface area contributed by atoms with Crippen LogP contribution >= 0.6 is 11.6 Å². The van der Waals surface area contributed by atoms with E-state index >= 15 is 0 Å². The molecule has 0 radical (unpaired) electrons. The predicted octanol–water partition coefficient (Wildman–Crippen LogP) is 4.29. The van der Waals surface area contributed by atoms with E-state index in [0.29, 0.717) is 17.3 Å². The Morgan fingerprint density at radius 1 is 1.45 bits per heavy atom. The molecule has 108 valence electrons. The average Bonchev–Trinajstić information content (AvgIpc) is 2.83. The molecule has 1 aliphatic carbocycles. The van der Waals surface area contributed by atoms with Crippen LogP contribution in [-0.2, 0) is 0 Å². The highest BCUT2D eigenvalue weighted by atomic mass is 35.5. The summed E-state index contributed by atoms with van der Waals surface area (Å²) in [6.07, 6.45) is 2.87. The van der Waals surface area contributed by atoms with E-state index in [4.69, 9.17) is 17.3 Å². The van der Waals surface area contributed by atoms with Crippen molar-refractivity contribution in [1.82, 2.24) is 9.97 Å². The maximum absolute atomic E-state index is 12.8. The van der Waals surface area contributed by atoms with Gasteiger partial charge in [0.15, 0.2) is 5.95 Å². The summed E-state index contributed by atoms with van der Waals surface area (Å²) in [4.78, 5) is 6.54. The molecule has 1 heterocycles. The number of halogens is 2. The first-order valence-corrected chi connectivity index (χ1v) is 6.89. The number of aromatic nitrogens is 2. The Labute approximate surface area is 123 Å². The number of H-pyrrole nitrogens is 1. The summed E-state index contributed by atoms with van der Waals surface area (Å²) in [5.74, 6) is 0.715. The highest BCUT2D eigenvalue weighted by molar-refractivity contribution is 6.30. The molecule has 3 rings (SSSR count). The van der Waals surface area contributed by atoms with E-state index in [2.05, 4.69) is 23.8 Å². The Balaban J connectivity index is 0.000000178. The van der Waals surface area contributed by atoms with E-state index in [0.717, 1.165) is 11.3 Å². The van der Waals surface area contributed by atoms with Crippen LogP contribution in [0.3, 0.4) is 0 Å². The van der Waals surface area contributed by atoms with Gasteiger partial charge in [0.25, 0.3) is 0 Å². The zero-order valence-corrected chi connectivity index (χ0v) is 12.6. The van der Waals surface area contributed by atoms with Crippen molar-refractivity contribution in [2.24, 2.45) is 5.41 Å². The number of hydrogen-bond acceptors (Lipinski definition) is 2. The van der Waals surface area contributed by atoms with Gasteiger partial charge in [-0.3, -0.25) is 0 Å². The molecule has 0 unspecified atom stereocenters. The highest BCUT2D eigenvalue weighted by Crippen LogP contribution is 2.58. The summed E-state index contributed by atoms with van der Waals surface area (Å²) < 4.78 is 12.8. The van der Waals surface area contributed by atoms with Crippen LogP contribution in [0.2, 0.25) is 5.02 Å². The minimum absolute atomic E-state index is 0.236. The lowest BCUT2D eigenvalue weighted by atomic mass is 10.0. The third-order valence-corrected chi connectivity index (χ3v) is 3.87. The lowest BCUT2D eigenvalue weighted by Crippen LogP contribution is -1.90. The number of nitrogens with two attached hydrogens (primary N) is 1. The zero-order valence-electron chi connectivity index (χ0n) is 11.9. The Kier molecular flexibility index (Phi) is 4.04. The number of nitrogens with zero attached hydrogens (tertiary/aromatic N) is 1. The highest BCUT2D eigenvalue weighted by Gasteiger charge is 2.46. The van der Waals surface area contributed by atoms with Gasteiger partial charge in [0.05, 0.1) is 5.02 Å². The predicted molar refractivity (Wildman–Crippen MR) is 80.3 cm³/mol. The van der Waals surface area contributed by atoms with Gasteiger partial charge in [0, 0.05) is 11.9 Å². The summed E-state index contributed by atoms with van der Waals surface area (Å²) in [6.45, 7) is 6.34. The molecule has 20 heavy (non-hydrogen) atoms. The molecule has 1 saturated carbocycles. The molecule has 1 aliphatic rings. The minimum atomic E-state index is -0.330. The summed E-state index contributed by atoms with van der Waals surface area (Å²) in [5, 5.41) is 0.236. The first-order chi connectivity index (χ1) is 9.29. The molecule has 0 saturated heterocycles. The van der Waals surface area contributed by atoms with E-state index in [9.17, 15) is 4.39 Å². The number of benzene rings is 1. The quantitative estimate of drug-likeness (QED) is 0.824. The molecule has 3 N–H and O–H groups in total. The van der Waals surface area contributed by atoms with Crippen molar-refractivity contribution in [3.05, 3.63) is 46.5 Å². The van der Waals surface area contributed by atoms with Gasteiger partial charge < -0.3 is 10.7 Å². The number of hydrogen-bond donors (Lipinski definition) is 2. The summed E-state index contributed by atoms with van der Waals surface area (Å²) in [5.41, 5.74) is 7.75. The van der Waals surface area contributed by atoms with Crippen molar-refractivity contribution in [3.8, 4) is 0 Å². The molecule has 2 aromatic rings. The van der Waals surface area contributed by atoms with Crippen molar-refractivity contribution in [2.45, 2.75) is 33.1 Å². The minimum Gasteiger partial charge on any atom is -0.369 e. The fourth-order valence-electron chi connectivity index (χ4n) is 2.20. The molecule has 1 atom stereocenters. The van der Waals surface area contributed by atoms with Gasteiger partial charge in [-0.05, 0) is 42.4 Å². The number of nitrogens with one attached hydrogen (secondary N) is 1. The molecule has 5 heteroatoms. The van der Waals surface area contributed by atoms with Crippen LogP contribution in [0.5, 0.6) is 0 Å². The van der Waals surface area contributed by atoms with Crippen LogP contribution in [0.1, 0.15) is 37.4 Å². The smallest absolute Gasteiger partial charge is 0.197 e. The van der Waals surface area contributed by atoms with Crippen molar-refractivity contribution >= 4 is 17.5 Å². The van der Waals surface area contributed by atoms with Gasteiger partial charge in [-0.1, -0.05) is 31.5 Å². The number of anilines is 1. The van der Waals surface area contributed by atoms with Crippen LogP contribution in [-0.4, -0.2) is 9.97 Å². The summed E-state index contributed by atoms with van der Waals surface area (Å²) in [7, 11) is 0. The monoisotopic (exact) mass is 295 g/mol. The standard InChI is InChI=1S/C11H12ClF.C4H7N3/c1-11(2)6-8(11)7-3-4-10(13)9(12)5-7;1-3-2-6-4(5)7-3/h3-5,8H,6H2,1-2H3;2H,1H3,(H3,5,6,7)/t8-;/m0./s1. The van der Waals surface area contributed by atoms with E-state index in [1.54, 1.807) is 12.3 Å². The number of nitrogen functional groups attached to an aromatic ring is 1. The largest absolute Gasteiger partial charge is 0.369 e. The van der Waals surface area contributed by atoms with Gasteiger partial charge in [-0.25, -0.2) is 9.37 Å². The number of aromatic amines is 1. The SMILES string of the molecule is CC1(C)C[C@H]1c1ccc(F)c(Cl)c1.Cc1cnc(N)[nH]1. The zero-order chi connectivity index (χ0) is 14.9. The van der Waals surface area contributed by atoms with Gasteiger partial charge in [-0.2, -0.15) is 0 Å². The van der Waals surface area contributed by atoms with Crippen molar-refractivity contribution in [1.29, 1.82) is 0 Å². The van der Waals surface area contributed by atoms with Crippen molar-refractivity contribution < 1.29 is 4.39 Å². The Hall–Kier alpha value is -1.55. The van der Waals surface area contributed by atoms with Gasteiger partial charge in [0.2, 0.25) is 0 Å². The third kappa shape index (κ3) is 3.51. The second kappa shape index (κ2) is 5.44. The van der Waals surface area contributed by atoms with Crippen molar-refractivity contribution in [2.75, 3.05) is 5.73 Å². The molecule has 1 aromatic carbocycles. The second-order valence-electron chi connectivity index (χ2n) is 5.87. The van der Waals surface area contributed by atoms with Crippen LogP contribution in [0, 0.1) is 18.2 Å². The topological polar surface area (TPSA) is 54.7 Å². The third-order valence-electron chi connectivity index (χ3n) is 3.58. The molecule has 1 aromatic heterocycles. The number of imidazole rings is 1. The lowest BCUT2D eigenvalue weighted by molar-refractivity contribution is 0.614. The molecule has 0 spiro atoms. The lowest BCUT2D eigenvalue weighted by Gasteiger charge is -2.04. The van der Waals surface area contributed by atoms with E-state index < -0.39 is 0 Å². The Morgan fingerprint density at radius 3 is 2.45 bits per heavy atom. The Bertz CT molecular complexity index is 590. The first kappa shape index (κ1) is 14.9. The molecule has 0 amide bonds. The molecular formula is C15H19ClFN3. The number of aryl methyl sites for hydroxylation is 1. The van der Waals surface area contributed by atoms with Crippen molar-refractivity contribution in [3.63, 3.8) is 0 Å². The van der Waals surface area contributed by atoms with Crippen LogP contribution in [0.15, 0.2) is 24.4 Å². The molecule has 1 fully saturated rings. The van der Waals surface area contributed by atoms with Gasteiger partial charge in [-0.15, -0.1) is 0 Å². The van der Waals surface area contributed by atoms with Crippen LogP contribution in [0.25, 0.3) is 0 Å². The van der Waals surface area contributed by atoms with E-state index in [1.807, 2.05) is 13.0 Å². The average molecular weight is 296 g/mol. The normalized spacial score (nSPS) is 19.1. The molecule has 0 bridgehead atoms. The molecule has 3 nitrogen and oxygen atoms in total. The van der Waals surface area contributed by atoms with Crippen LogP contribution < -0.4 is 5.73 Å². The number of rotatable bonds is 1. The second-order valence-corrected chi connectivity index (χ2v) is 6.28. The van der Waals surface area contributed by atoms with E-state index in [-0.39, 0.29) is 10.8 Å².